The Hall–Kier alpha value is -2.37. The second-order valence-electron chi connectivity index (χ2n) is 7.65. The highest BCUT2D eigenvalue weighted by Crippen LogP contribution is 2.21. The number of hydrogen-bond donors (Lipinski definition) is 2. The summed E-state index contributed by atoms with van der Waals surface area (Å²) >= 11 is 0. The van der Waals surface area contributed by atoms with Crippen LogP contribution in [0.15, 0.2) is 54.6 Å². The molecule has 1 fully saturated rings. The van der Waals surface area contributed by atoms with Crippen molar-refractivity contribution in [3.05, 3.63) is 65.7 Å². The van der Waals surface area contributed by atoms with Gasteiger partial charge >= 0.3 is 0 Å². The number of amides is 1. The van der Waals surface area contributed by atoms with Crippen molar-refractivity contribution in [1.82, 2.24) is 15.5 Å². The van der Waals surface area contributed by atoms with E-state index in [0.29, 0.717) is 18.7 Å². The summed E-state index contributed by atoms with van der Waals surface area (Å²) in [5, 5.41) is 6.40. The second kappa shape index (κ2) is 9.71. The minimum atomic E-state index is -0.0451. The monoisotopic (exact) mass is 381 g/mol. The van der Waals surface area contributed by atoms with E-state index in [1.807, 2.05) is 30.3 Å². The van der Waals surface area contributed by atoms with Gasteiger partial charge in [-0.3, -0.25) is 9.69 Å². The number of carbonyl (C=O) groups is 1. The maximum Gasteiger partial charge on any atom is 0.237 e. The molecule has 0 spiro atoms. The highest BCUT2D eigenvalue weighted by atomic mass is 16.5. The van der Waals surface area contributed by atoms with Gasteiger partial charge in [-0.1, -0.05) is 42.5 Å². The molecule has 2 aromatic carbocycles. The molecule has 1 heterocycles. The average Bonchev–Trinajstić information content (AvgIpc) is 3.16. The van der Waals surface area contributed by atoms with Gasteiger partial charge in [-0.2, -0.15) is 0 Å². The van der Waals surface area contributed by atoms with Gasteiger partial charge in [-0.15, -0.1) is 0 Å². The minimum absolute atomic E-state index is 0.0451. The largest absolute Gasteiger partial charge is 0.489 e. The van der Waals surface area contributed by atoms with Crippen LogP contribution < -0.4 is 15.4 Å². The van der Waals surface area contributed by atoms with Crippen molar-refractivity contribution in [2.75, 3.05) is 13.6 Å². The summed E-state index contributed by atoms with van der Waals surface area (Å²) in [6.45, 7) is 6.55. The third kappa shape index (κ3) is 5.33. The van der Waals surface area contributed by atoms with Crippen molar-refractivity contribution in [3.8, 4) is 5.75 Å². The van der Waals surface area contributed by atoms with Gasteiger partial charge < -0.3 is 15.4 Å². The smallest absolute Gasteiger partial charge is 0.237 e. The van der Waals surface area contributed by atoms with E-state index in [1.165, 1.54) is 5.56 Å². The molecule has 28 heavy (non-hydrogen) atoms. The Morgan fingerprint density at radius 2 is 1.82 bits per heavy atom. The Labute approximate surface area is 168 Å². The first-order chi connectivity index (χ1) is 13.6. The summed E-state index contributed by atoms with van der Waals surface area (Å²) in [6.07, 6.45) is 0.843. The third-order valence-corrected chi connectivity index (χ3v) is 5.32. The maximum absolute atomic E-state index is 12.2. The molecule has 2 N–H and O–H groups in total. The Kier molecular flexibility index (Phi) is 7.06. The predicted molar refractivity (Wildman–Crippen MR) is 112 cm³/mol. The van der Waals surface area contributed by atoms with Gasteiger partial charge in [0.15, 0.2) is 0 Å². The van der Waals surface area contributed by atoms with Crippen molar-refractivity contribution in [1.29, 1.82) is 0 Å². The van der Waals surface area contributed by atoms with Crippen LogP contribution in [0.3, 0.4) is 0 Å². The highest BCUT2D eigenvalue weighted by Gasteiger charge is 2.37. The van der Waals surface area contributed by atoms with E-state index in [4.69, 9.17) is 4.74 Å². The second-order valence-corrected chi connectivity index (χ2v) is 7.65. The van der Waals surface area contributed by atoms with E-state index in [9.17, 15) is 4.79 Å². The number of nitrogens with one attached hydrogen (secondary N) is 2. The molecule has 3 rings (SSSR count). The van der Waals surface area contributed by atoms with Crippen LogP contribution in [0.25, 0.3) is 0 Å². The number of benzene rings is 2. The molecule has 0 aromatic heterocycles. The van der Waals surface area contributed by atoms with Gasteiger partial charge in [0, 0.05) is 32.2 Å². The molecule has 2 aromatic rings. The van der Waals surface area contributed by atoms with Crippen LogP contribution in [-0.2, 0) is 17.9 Å². The lowest BCUT2D eigenvalue weighted by Crippen LogP contribution is -2.45. The van der Waals surface area contributed by atoms with Crippen molar-refractivity contribution < 1.29 is 9.53 Å². The molecule has 0 aliphatic carbocycles. The van der Waals surface area contributed by atoms with E-state index < -0.39 is 0 Å². The Balaban J connectivity index is 1.49. The van der Waals surface area contributed by atoms with Crippen LogP contribution in [-0.4, -0.2) is 42.5 Å². The van der Waals surface area contributed by atoms with Gasteiger partial charge in [0.25, 0.3) is 0 Å². The predicted octanol–water partition coefficient (Wildman–Crippen LogP) is 2.95. The number of rotatable bonds is 8. The van der Waals surface area contributed by atoms with Crippen molar-refractivity contribution in [3.63, 3.8) is 0 Å². The molecule has 0 saturated carbocycles. The summed E-state index contributed by atoms with van der Waals surface area (Å²) in [6, 6.07) is 19.0. The van der Waals surface area contributed by atoms with Crippen LogP contribution in [0, 0.1) is 0 Å². The van der Waals surface area contributed by atoms with Gasteiger partial charge in [0.05, 0.1) is 6.04 Å². The van der Waals surface area contributed by atoms with Crippen LogP contribution in [0.4, 0.5) is 0 Å². The molecule has 1 saturated heterocycles. The van der Waals surface area contributed by atoms with Gasteiger partial charge in [-0.05, 0) is 43.5 Å². The number of hydrogen-bond acceptors (Lipinski definition) is 4. The Bertz CT molecular complexity index is 746. The molecule has 1 aliphatic heterocycles. The fourth-order valence-corrected chi connectivity index (χ4v) is 3.71. The van der Waals surface area contributed by atoms with E-state index in [0.717, 1.165) is 30.8 Å². The molecule has 0 unspecified atom stereocenters. The van der Waals surface area contributed by atoms with Crippen molar-refractivity contribution >= 4 is 5.91 Å². The van der Waals surface area contributed by atoms with Gasteiger partial charge in [0.2, 0.25) is 5.91 Å². The van der Waals surface area contributed by atoms with Gasteiger partial charge in [0.1, 0.15) is 12.4 Å². The summed E-state index contributed by atoms with van der Waals surface area (Å²) in [5.74, 6) is 0.983. The summed E-state index contributed by atoms with van der Waals surface area (Å²) in [4.78, 5) is 14.4. The third-order valence-electron chi connectivity index (χ3n) is 5.32. The lowest BCUT2D eigenvalue weighted by atomic mass is 10.1. The zero-order chi connectivity index (χ0) is 19.9. The molecule has 0 radical (unpaired) electrons. The van der Waals surface area contributed by atoms with E-state index in [1.54, 1.807) is 7.05 Å². The number of carbonyl (C=O) groups excluding carboxylic acids is 1. The number of ether oxygens (including phenoxy) is 1. The van der Waals surface area contributed by atoms with E-state index in [-0.39, 0.29) is 11.9 Å². The number of nitrogens with zero attached hydrogens (tertiary/aromatic N) is 1. The zero-order valence-electron chi connectivity index (χ0n) is 17.0. The molecule has 2 atom stereocenters. The zero-order valence-corrected chi connectivity index (χ0v) is 17.0. The van der Waals surface area contributed by atoms with Crippen LogP contribution in [0.1, 0.15) is 31.4 Å². The molecular weight excluding hydrogens is 350 g/mol. The molecule has 5 heteroatoms. The summed E-state index contributed by atoms with van der Waals surface area (Å²) in [7, 11) is 1.71. The maximum atomic E-state index is 12.2. The first-order valence-corrected chi connectivity index (χ1v) is 10.0. The quantitative estimate of drug-likeness (QED) is 0.738. The lowest BCUT2D eigenvalue weighted by Gasteiger charge is -2.26. The van der Waals surface area contributed by atoms with Crippen LogP contribution in [0.2, 0.25) is 0 Å². The van der Waals surface area contributed by atoms with Crippen LogP contribution >= 0.6 is 0 Å². The molecule has 5 nitrogen and oxygen atoms in total. The van der Waals surface area contributed by atoms with E-state index in [2.05, 4.69) is 53.6 Å². The van der Waals surface area contributed by atoms with Gasteiger partial charge in [-0.25, -0.2) is 0 Å². The topological polar surface area (TPSA) is 53.6 Å². The molecule has 150 valence electrons. The SMILES string of the molecule is CNC(=O)[C@@H]1C[C@H](NCc2ccc(OCc3ccccc3)cc2)CN1C(C)C. The average molecular weight is 382 g/mol. The fraction of sp³-hybridized carbons (Fsp3) is 0.435. The lowest BCUT2D eigenvalue weighted by molar-refractivity contribution is -0.125. The molecule has 1 amide bonds. The summed E-state index contributed by atoms with van der Waals surface area (Å²) < 4.78 is 5.85. The first kappa shape index (κ1) is 20.4. The normalized spacial score (nSPS) is 19.7. The van der Waals surface area contributed by atoms with Crippen molar-refractivity contribution in [2.24, 2.45) is 0 Å². The first-order valence-electron chi connectivity index (χ1n) is 10.0. The number of likely N-dealkylation sites (tertiary alicyclic amines) is 1. The Morgan fingerprint density at radius 1 is 1.11 bits per heavy atom. The minimum Gasteiger partial charge on any atom is -0.489 e. The molecule has 1 aliphatic rings. The van der Waals surface area contributed by atoms with E-state index >= 15 is 0 Å². The van der Waals surface area contributed by atoms with Crippen LogP contribution in [0.5, 0.6) is 5.75 Å². The number of likely N-dealkylation sites (N-methyl/N-ethyl adjacent to an activating group) is 1. The Morgan fingerprint density at radius 3 is 2.46 bits per heavy atom. The fourth-order valence-electron chi connectivity index (χ4n) is 3.71. The molecule has 0 bridgehead atoms. The summed E-state index contributed by atoms with van der Waals surface area (Å²) in [5.41, 5.74) is 2.38. The molecular formula is C23H31N3O2. The highest BCUT2D eigenvalue weighted by molar-refractivity contribution is 5.81. The standard InChI is InChI=1S/C23H31N3O2/c1-17(2)26-15-20(13-22(26)23(27)24-3)25-14-18-9-11-21(12-10-18)28-16-19-7-5-4-6-8-19/h4-12,17,20,22,25H,13-16H2,1-3H3,(H,24,27)/t20-,22-/m0/s1. The van der Waals surface area contributed by atoms with Crippen molar-refractivity contribution in [2.45, 2.75) is 51.5 Å².